The van der Waals surface area contributed by atoms with Crippen molar-refractivity contribution < 1.29 is 14.2 Å². The molecular formula is C107H199N23O3. The smallest absolute Gasteiger partial charge is 0.323 e. The Bertz CT molecular complexity index is 3960. The van der Waals surface area contributed by atoms with E-state index in [0.29, 0.717) is 97.7 Å². The van der Waals surface area contributed by atoms with Crippen molar-refractivity contribution in [3.05, 3.63) is 0 Å². The first-order valence-electron chi connectivity index (χ1n) is 52.7. The monoisotopic (exact) mass is 1850 g/mol. The molecule has 8 aliphatic heterocycles. The zero-order chi connectivity index (χ0) is 98.8. The SMILES string of the molecule is CN1C(C)(C)CC(CCCCNc2nc(OC3CC(C)(C)N(C)C(C)(C)C3)nc(N(CCCN(c3nc(NCCCCC4CC(C)(C)N(C)C(C)(C)C4)nc(OC4CC(C)(C)N(C)C(C)(C)C4)n3)C3CC(C)(C)N(C)C(C)(C)C3)CCCN(c3nc(NCCCCC4CC(C)(C)N(C)C(C)(C)C4)nc(OC4CC(C)(C)N(C)C(C)(C)C4)n3)C3CC(C)(C)N(C)C(C)(C)C3)n2)CC1(C)C. The molecule has 0 spiro atoms. The first-order chi connectivity index (χ1) is 61.0. The Labute approximate surface area is 812 Å². The van der Waals surface area contributed by atoms with Gasteiger partial charge in [0.15, 0.2) is 0 Å². The quantitative estimate of drug-likeness (QED) is 0.0457. The summed E-state index contributed by atoms with van der Waals surface area (Å²) in [5.74, 6) is 5.56. The fourth-order valence-electron chi connectivity index (χ4n) is 27.1. The maximum absolute atomic E-state index is 7.33. The van der Waals surface area contributed by atoms with Crippen LogP contribution in [0, 0.1) is 17.8 Å². The summed E-state index contributed by atoms with van der Waals surface area (Å²) in [4.78, 5) is 77.6. The minimum atomic E-state index is -0.161. The van der Waals surface area contributed by atoms with Gasteiger partial charge in [-0.3, -0.25) is 39.2 Å². The van der Waals surface area contributed by atoms with E-state index in [4.69, 9.17) is 59.1 Å². The number of anilines is 6. The molecule has 8 saturated heterocycles. The highest BCUT2D eigenvalue weighted by Crippen LogP contribution is 2.50. The van der Waals surface area contributed by atoms with Gasteiger partial charge in [0.1, 0.15) is 18.3 Å². The van der Waals surface area contributed by atoms with Crippen molar-refractivity contribution in [2.24, 2.45) is 17.8 Å². The first kappa shape index (κ1) is 108. The van der Waals surface area contributed by atoms with Crippen molar-refractivity contribution in [1.29, 1.82) is 0 Å². The maximum atomic E-state index is 7.33. The van der Waals surface area contributed by atoms with E-state index < -0.39 is 0 Å². The van der Waals surface area contributed by atoms with E-state index >= 15 is 0 Å². The Balaban J connectivity index is 0.988. The number of piperidine rings is 8. The highest BCUT2D eigenvalue weighted by molar-refractivity contribution is 5.44. The summed E-state index contributed by atoms with van der Waals surface area (Å²) >= 11 is 0. The molecule has 3 aromatic heterocycles. The second-order valence-corrected chi connectivity index (χ2v) is 53.9. The molecule has 0 bridgehead atoms. The molecule has 0 aromatic carbocycles. The minimum Gasteiger partial charge on any atom is -0.460 e. The van der Waals surface area contributed by atoms with Crippen LogP contribution >= 0.6 is 0 Å². The van der Waals surface area contributed by atoms with Crippen molar-refractivity contribution in [2.75, 3.05) is 133 Å². The third-order valence-electron chi connectivity index (χ3n) is 36.5. The lowest BCUT2D eigenvalue weighted by Crippen LogP contribution is -2.63. The zero-order valence-corrected chi connectivity index (χ0v) is 92.8. The lowest BCUT2D eigenvalue weighted by atomic mass is 9.72. The molecule has 0 amide bonds. The Hall–Kier alpha value is -5.09. The predicted molar refractivity (Wildman–Crippen MR) is 555 cm³/mol. The van der Waals surface area contributed by atoms with Gasteiger partial charge in [-0.25, -0.2) is 0 Å². The average molecular weight is 1860 g/mol. The van der Waals surface area contributed by atoms with Gasteiger partial charge in [0.05, 0.1) is 0 Å². The Morgan fingerprint density at radius 2 is 0.429 bits per heavy atom. The van der Waals surface area contributed by atoms with Crippen LogP contribution in [-0.2, 0) is 0 Å². The number of nitrogens with zero attached hydrogens (tertiary/aromatic N) is 20. The van der Waals surface area contributed by atoms with Crippen LogP contribution in [0.1, 0.15) is 395 Å². The van der Waals surface area contributed by atoms with E-state index in [2.05, 4.69) is 348 Å². The van der Waals surface area contributed by atoms with Crippen LogP contribution in [0.2, 0.25) is 0 Å². The summed E-state index contributed by atoms with van der Waals surface area (Å²) in [5.41, 5.74) is -0.543. The molecule has 0 aliphatic carbocycles. The molecule has 133 heavy (non-hydrogen) atoms. The molecule has 11 heterocycles. The normalized spacial score (nSPS) is 26.0. The number of aromatic nitrogens is 9. The van der Waals surface area contributed by atoms with Crippen LogP contribution in [0.15, 0.2) is 0 Å². The van der Waals surface area contributed by atoms with Gasteiger partial charge in [0.2, 0.25) is 35.7 Å². The van der Waals surface area contributed by atoms with Gasteiger partial charge in [-0.15, -0.1) is 0 Å². The number of ether oxygens (including phenoxy) is 3. The number of nitrogens with one attached hydrogen (secondary N) is 3. The molecule has 26 heteroatoms. The van der Waals surface area contributed by atoms with Crippen LogP contribution in [0.4, 0.5) is 35.7 Å². The molecule has 8 aliphatic rings. The molecule has 0 saturated carbocycles. The fourth-order valence-corrected chi connectivity index (χ4v) is 27.1. The summed E-state index contributed by atoms with van der Waals surface area (Å²) < 4.78 is 21.9. The van der Waals surface area contributed by atoms with Gasteiger partial charge in [-0.1, -0.05) is 38.5 Å². The third-order valence-corrected chi connectivity index (χ3v) is 36.5. The molecule has 3 N–H and O–H groups in total. The number of unbranched alkanes of at least 4 members (excludes halogenated alkanes) is 3. The minimum absolute atomic E-state index is 0.0578. The summed E-state index contributed by atoms with van der Waals surface area (Å²) in [5, 5.41) is 11.5. The van der Waals surface area contributed by atoms with Crippen molar-refractivity contribution in [3.63, 3.8) is 0 Å². The number of rotatable bonds is 37. The Morgan fingerprint density at radius 3 is 0.654 bits per heavy atom. The van der Waals surface area contributed by atoms with Crippen molar-refractivity contribution in [3.8, 4) is 18.0 Å². The first-order valence-corrected chi connectivity index (χ1v) is 52.7. The molecular weight excluding hydrogens is 1660 g/mol. The van der Waals surface area contributed by atoms with E-state index in [0.717, 1.165) is 135 Å². The van der Waals surface area contributed by atoms with Crippen molar-refractivity contribution in [2.45, 2.75) is 514 Å². The number of likely N-dealkylation sites (tertiary alicyclic amines) is 8. The second-order valence-electron chi connectivity index (χ2n) is 53.9. The van der Waals surface area contributed by atoms with Crippen molar-refractivity contribution >= 4 is 35.7 Å². The summed E-state index contributed by atoms with van der Waals surface area (Å²) in [7, 11) is 18.4. The number of hydrogen-bond acceptors (Lipinski definition) is 26. The van der Waals surface area contributed by atoms with E-state index in [-0.39, 0.29) is 119 Å². The summed E-state index contributed by atoms with van der Waals surface area (Å²) in [6.45, 7) is 81.2. The van der Waals surface area contributed by atoms with Crippen molar-refractivity contribution in [1.82, 2.24) is 84.1 Å². The van der Waals surface area contributed by atoms with Gasteiger partial charge < -0.3 is 44.9 Å². The standard InChI is InChI=1S/C107H199N23O3/c1-92(2)59-75(60-93(3,4)120(92)33)49-41-44-52-108-83-111-86(117-89(114-83)131-80-69-102(21,22)125(38)103(23,24)70-80)128(55-47-57-129(78-65-98(13,14)123(36)99(15,16)66-78)87-112-84(109-53-45-42-50-76-61-94(5,6)121(34)95(7,8)62-76)115-90(118-87)132-81-71-104(25,26)126(39)105(27,28)72-81)56-48-58-130(79-67-100(17,18)124(37)101(19,20)68-79)88-113-85(110-54-46-43-51-77-63-96(9,10)122(35)97(11,12)64-77)116-91(119-88)133-82-73-106(29,30)127(40)107(31,32)74-82/h75-82H,41-74H2,1-40H3,(H,108,111,114,117)(H,109,112,115,118)(H,110,113,116,119). The fraction of sp³-hybridized carbons (Fsp3) is 0.916. The van der Waals surface area contributed by atoms with E-state index in [1.807, 2.05) is 0 Å². The van der Waals surface area contributed by atoms with Crippen LogP contribution in [0.3, 0.4) is 0 Å². The predicted octanol–water partition coefficient (Wildman–Crippen LogP) is 20.7. The van der Waals surface area contributed by atoms with Gasteiger partial charge in [0.25, 0.3) is 0 Å². The molecule has 8 fully saturated rings. The second kappa shape index (κ2) is 40.1. The van der Waals surface area contributed by atoms with E-state index in [1.165, 1.54) is 57.8 Å². The largest absolute Gasteiger partial charge is 0.460 e. The molecule has 760 valence electrons. The van der Waals surface area contributed by atoms with Crippen LogP contribution in [-0.4, -0.2) is 305 Å². The third kappa shape index (κ3) is 26.2. The lowest BCUT2D eigenvalue weighted by molar-refractivity contribution is -0.0583. The summed E-state index contributed by atoms with van der Waals surface area (Å²) in [6.07, 6.45) is 26.8. The summed E-state index contributed by atoms with van der Waals surface area (Å²) in [6, 6.07) is 1.24. The van der Waals surface area contributed by atoms with Gasteiger partial charge in [-0.2, -0.15) is 44.9 Å². The Morgan fingerprint density at radius 1 is 0.233 bits per heavy atom. The lowest BCUT2D eigenvalue weighted by Gasteiger charge is -2.55. The maximum Gasteiger partial charge on any atom is 0.323 e. The van der Waals surface area contributed by atoms with Crippen LogP contribution < -0.4 is 44.9 Å². The number of hydrogen-bond donors (Lipinski definition) is 3. The van der Waals surface area contributed by atoms with E-state index in [9.17, 15) is 0 Å². The molecule has 26 nitrogen and oxygen atoms in total. The Kier molecular flexibility index (Phi) is 32.7. The topological polar surface area (TPSA) is 215 Å². The molecule has 11 rings (SSSR count). The highest BCUT2D eigenvalue weighted by atomic mass is 16.5. The highest BCUT2D eigenvalue weighted by Gasteiger charge is 2.53. The molecule has 0 atom stereocenters. The molecule has 0 radical (unpaired) electrons. The van der Waals surface area contributed by atoms with Crippen LogP contribution in [0.25, 0.3) is 0 Å². The average Bonchev–Trinajstić information content (AvgIpc) is 0.759. The zero-order valence-electron chi connectivity index (χ0n) is 92.8. The van der Waals surface area contributed by atoms with Gasteiger partial charge >= 0.3 is 18.0 Å². The molecule has 3 aromatic rings. The van der Waals surface area contributed by atoms with Crippen LogP contribution in [0.5, 0.6) is 18.0 Å². The van der Waals surface area contributed by atoms with Gasteiger partial charge in [0, 0.05) is 185 Å². The molecule has 0 unspecified atom stereocenters. The van der Waals surface area contributed by atoms with Gasteiger partial charge in [-0.05, 0) is 392 Å². The van der Waals surface area contributed by atoms with E-state index in [1.54, 1.807) is 0 Å².